The minimum absolute atomic E-state index is 0.130. The Morgan fingerprint density at radius 3 is 1.94 bits per heavy atom. The zero-order chi connectivity index (χ0) is 24.1. The third-order valence-corrected chi connectivity index (χ3v) is 8.16. The van der Waals surface area contributed by atoms with Gasteiger partial charge < -0.3 is 0 Å². The first-order valence-corrected chi connectivity index (χ1v) is 13.4. The summed E-state index contributed by atoms with van der Waals surface area (Å²) < 4.78 is 8.61. The van der Waals surface area contributed by atoms with Crippen molar-refractivity contribution < 1.29 is 4.79 Å². The highest BCUT2D eigenvalue weighted by molar-refractivity contribution is 8.14. The first-order valence-electron chi connectivity index (χ1n) is 11.7. The van der Waals surface area contributed by atoms with Gasteiger partial charge >= 0.3 is 0 Å². The molecule has 5 rings (SSSR count). The first kappa shape index (κ1) is 23.7. The van der Waals surface area contributed by atoms with Gasteiger partial charge in [0.2, 0.25) is 0 Å². The van der Waals surface area contributed by atoms with Crippen LogP contribution in [0.1, 0.15) is 35.7 Å². The zero-order valence-corrected chi connectivity index (χ0v) is 21.2. The second-order valence-corrected chi connectivity index (χ2v) is 10.6. The molecule has 1 unspecified atom stereocenters. The SMILES string of the molecule is CC(=O)SC1CCN(C(c2ccccc2)(c2ccccc2)c2ccccc2)C/C1=C/c1cnsn1. The second-order valence-electron chi connectivity index (χ2n) is 8.67. The van der Waals surface area contributed by atoms with Crippen molar-refractivity contribution in [1.82, 2.24) is 13.6 Å². The molecule has 2 heterocycles. The monoisotopic (exact) mass is 497 g/mol. The molecule has 4 aromatic rings. The van der Waals surface area contributed by atoms with E-state index in [4.69, 9.17) is 0 Å². The van der Waals surface area contributed by atoms with Gasteiger partial charge in [-0.3, -0.25) is 9.69 Å². The molecule has 1 saturated heterocycles. The van der Waals surface area contributed by atoms with Crippen LogP contribution in [0.5, 0.6) is 0 Å². The Bertz CT molecular complexity index is 1180. The Labute approximate surface area is 215 Å². The molecule has 0 spiro atoms. The number of likely N-dealkylation sites (tertiary alicyclic amines) is 1. The topological polar surface area (TPSA) is 46.1 Å². The summed E-state index contributed by atoms with van der Waals surface area (Å²) in [6.07, 6.45) is 4.80. The Morgan fingerprint density at radius 2 is 1.49 bits per heavy atom. The van der Waals surface area contributed by atoms with Crippen LogP contribution in [-0.2, 0) is 10.3 Å². The second kappa shape index (κ2) is 10.7. The summed E-state index contributed by atoms with van der Waals surface area (Å²) in [5.74, 6) is 0. The molecule has 6 heteroatoms. The summed E-state index contributed by atoms with van der Waals surface area (Å²) in [5, 5.41) is 0.275. The van der Waals surface area contributed by atoms with Crippen LogP contribution < -0.4 is 0 Å². The van der Waals surface area contributed by atoms with Gasteiger partial charge in [0.15, 0.2) is 5.12 Å². The molecule has 0 aliphatic carbocycles. The lowest BCUT2D eigenvalue weighted by Gasteiger charge is -2.49. The molecule has 1 aromatic heterocycles. The van der Waals surface area contributed by atoms with Crippen LogP contribution in [0, 0.1) is 0 Å². The molecule has 0 saturated carbocycles. The van der Waals surface area contributed by atoms with Gasteiger partial charge in [-0.25, -0.2) is 0 Å². The Balaban J connectivity index is 1.69. The number of thioether (sulfide) groups is 1. The van der Waals surface area contributed by atoms with E-state index in [9.17, 15) is 4.79 Å². The van der Waals surface area contributed by atoms with E-state index in [-0.39, 0.29) is 10.4 Å². The molecule has 176 valence electrons. The molecule has 0 radical (unpaired) electrons. The van der Waals surface area contributed by atoms with E-state index in [1.54, 1.807) is 13.1 Å². The number of benzene rings is 3. The van der Waals surface area contributed by atoms with E-state index in [1.165, 1.54) is 45.8 Å². The van der Waals surface area contributed by atoms with E-state index < -0.39 is 5.54 Å². The summed E-state index contributed by atoms with van der Waals surface area (Å²) >= 11 is 2.64. The lowest BCUT2D eigenvalue weighted by molar-refractivity contribution is -0.109. The maximum atomic E-state index is 12.1. The fraction of sp³-hybridized carbons (Fsp3) is 0.207. The molecular weight excluding hydrogens is 470 g/mol. The molecule has 0 bridgehead atoms. The maximum absolute atomic E-state index is 12.1. The van der Waals surface area contributed by atoms with Crippen molar-refractivity contribution in [3.05, 3.63) is 125 Å². The molecule has 35 heavy (non-hydrogen) atoms. The van der Waals surface area contributed by atoms with Crippen LogP contribution in [0.15, 0.2) is 103 Å². The number of aromatic nitrogens is 2. The fourth-order valence-corrected chi connectivity index (χ4v) is 6.45. The van der Waals surface area contributed by atoms with Crippen LogP contribution in [-0.4, -0.2) is 37.1 Å². The summed E-state index contributed by atoms with van der Waals surface area (Å²) in [5.41, 5.74) is 5.26. The standard InChI is InChI=1S/C29H27N3OS2/c1-22(33)34-28-17-18-32(21-23(28)19-27-20-30-35-31-27)29(24-11-5-2-6-12-24,25-13-7-3-8-14-25)26-15-9-4-10-16-26/h2-16,19-20,28H,17-18,21H2,1H3/b23-19-. The summed E-state index contributed by atoms with van der Waals surface area (Å²) in [6.45, 7) is 3.23. The van der Waals surface area contributed by atoms with Crippen molar-refractivity contribution >= 4 is 34.7 Å². The van der Waals surface area contributed by atoms with Crippen LogP contribution >= 0.6 is 23.5 Å². The smallest absolute Gasteiger partial charge is 0.186 e. The van der Waals surface area contributed by atoms with Gasteiger partial charge in [-0.15, -0.1) is 0 Å². The van der Waals surface area contributed by atoms with Crippen molar-refractivity contribution in [1.29, 1.82) is 0 Å². The number of carbonyl (C=O) groups is 1. The number of carbonyl (C=O) groups excluding carboxylic acids is 1. The van der Waals surface area contributed by atoms with Gasteiger partial charge in [0.25, 0.3) is 0 Å². The third-order valence-electron chi connectivity index (χ3n) is 6.52. The molecular formula is C29H27N3OS2. The van der Waals surface area contributed by atoms with Gasteiger partial charge in [0.1, 0.15) is 0 Å². The lowest BCUT2D eigenvalue weighted by atomic mass is 9.74. The Morgan fingerprint density at radius 1 is 0.943 bits per heavy atom. The van der Waals surface area contributed by atoms with Crippen LogP contribution in [0.3, 0.4) is 0 Å². The first-order chi connectivity index (χ1) is 17.2. The van der Waals surface area contributed by atoms with Gasteiger partial charge in [-0.1, -0.05) is 103 Å². The Kier molecular flexibility index (Phi) is 7.23. The van der Waals surface area contributed by atoms with E-state index in [0.29, 0.717) is 0 Å². The van der Waals surface area contributed by atoms with Crippen molar-refractivity contribution in [2.45, 2.75) is 24.1 Å². The van der Waals surface area contributed by atoms with Crippen molar-refractivity contribution in [2.24, 2.45) is 0 Å². The largest absolute Gasteiger partial charge is 0.288 e. The van der Waals surface area contributed by atoms with Crippen LogP contribution in [0.25, 0.3) is 6.08 Å². The van der Waals surface area contributed by atoms with Crippen molar-refractivity contribution in [3.63, 3.8) is 0 Å². The number of rotatable bonds is 6. The number of hydrogen-bond donors (Lipinski definition) is 0. The number of nitrogens with zero attached hydrogens (tertiary/aromatic N) is 3. The summed E-state index contributed by atoms with van der Waals surface area (Å²) in [7, 11) is 0. The minimum atomic E-state index is -0.477. The average molecular weight is 498 g/mol. The molecule has 1 aliphatic heterocycles. The predicted octanol–water partition coefficient (Wildman–Crippen LogP) is 6.27. The van der Waals surface area contributed by atoms with Crippen LogP contribution in [0.2, 0.25) is 0 Å². The summed E-state index contributed by atoms with van der Waals surface area (Å²) in [6, 6.07) is 32.3. The predicted molar refractivity (Wildman–Crippen MR) is 145 cm³/mol. The highest BCUT2D eigenvalue weighted by atomic mass is 32.2. The zero-order valence-electron chi connectivity index (χ0n) is 19.6. The van der Waals surface area contributed by atoms with E-state index in [2.05, 4.69) is 111 Å². The Hall–Kier alpha value is -3.06. The number of hydrogen-bond acceptors (Lipinski definition) is 6. The van der Waals surface area contributed by atoms with E-state index in [1.807, 2.05) is 0 Å². The average Bonchev–Trinajstić information content (AvgIpc) is 3.41. The molecule has 4 nitrogen and oxygen atoms in total. The molecule has 1 fully saturated rings. The normalized spacial score (nSPS) is 18.0. The van der Waals surface area contributed by atoms with Gasteiger partial charge in [-0.05, 0) is 34.8 Å². The quantitative estimate of drug-likeness (QED) is 0.294. The molecule has 0 amide bonds. The minimum Gasteiger partial charge on any atom is -0.288 e. The highest BCUT2D eigenvalue weighted by Crippen LogP contribution is 2.45. The fourth-order valence-electron chi connectivity index (χ4n) is 5.13. The molecule has 3 aromatic carbocycles. The maximum Gasteiger partial charge on any atom is 0.186 e. The van der Waals surface area contributed by atoms with E-state index in [0.717, 1.165) is 25.2 Å². The molecule has 1 aliphatic rings. The van der Waals surface area contributed by atoms with Crippen molar-refractivity contribution in [3.8, 4) is 0 Å². The summed E-state index contributed by atoms with van der Waals surface area (Å²) in [4.78, 5) is 14.7. The van der Waals surface area contributed by atoms with Crippen LogP contribution in [0.4, 0.5) is 0 Å². The third kappa shape index (κ3) is 4.87. The van der Waals surface area contributed by atoms with Gasteiger partial charge in [0, 0.05) is 25.3 Å². The molecule has 0 N–H and O–H groups in total. The molecule has 1 atom stereocenters. The van der Waals surface area contributed by atoms with Crippen molar-refractivity contribution in [2.75, 3.05) is 13.1 Å². The number of piperidine rings is 1. The van der Waals surface area contributed by atoms with Gasteiger partial charge in [0.05, 0.1) is 29.2 Å². The highest BCUT2D eigenvalue weighted by Gasteiger charge is 2.44. The lowest BCUT2D eigenvalue weighted by Crippen LogP contribution is -2.52. The van der Waals surface area contributed by atoms with Gasteiger partial charge in [-0.2, -0.15) is 8.75 Å². The van der Waals surface area contributed by atoms with E-state index >= 15 is 0 Å².